The molecule has 1 heterocycles. The number of nitrogens with two attached hydrogens (primary N) is 1. The Kier molecular flexibility index (Phi) is 3.87. The van der Waals surface area contributed by atoms with Gasteiger partial charge in [0.25, 0.3) is 0 Å². The van der Waals surface area contributed by atoms with Crippen LogP contribution in [0.1, 0.15) is 38.3 Å². The zero-order chi connectivity index (χ0) is 14.2. The molecule has 0 spiro atoms. The van der Waals surface area contributed by atoms with Crippen molar-refractivity contribution in [3.63, 3.8) is 0 Å². The number of aromatic nitrogens is 2. The van der Waals surface area contributed by atoms with Crippen molar-refractivity contribution >= 4 is 15.8 Å². The van der Waals surface area contributed by atoms with E-state index in [4.69, 9.17) is 5.73 Å². The predicted molar refractivity (Wildman–Crippen MR) is 74.2 cm³/mol. The first-order valence-corrected chi connectivity index (χ1v) is 8.14. The van der Waals surface area contributed by atoms with E-state index >= 15 is 0 Å². The quantitative estimate of drug-likeness (QED) is 0.903. The van der Waals surface area contributed by atoms with Crippen molar-refractivity contribution in [2.24, 2.45) is 7.05 Å². The molecule has 108 valence electrons. The second-order valence-electron chi connectivity index (χ2n) is 5.07. The average Bonchev–Trinajstić information content (AvgIpc) is 2.90. The molecule has 1 aromatic rings. The van der Waals surface area contributed by atoms with Crippen molar-refractivity contribution in [1.82, 2.24) is 14.1 Å². The highest BCUT2D eigenvalue weighted by atomic mass is 32.2. The van der Waals surface area contributed by atoms with Gasteiger partial charge in [0.15, 0.2) is 5.82 Å². The Hall–Kier alpha value is -1.08. The van der Waals surface area contributed by atoms with Crippen LogP contribution in [0.15, 0.2) is 4.90 Å². The number of hydrogen-bond donors (Lipinski definition) is 1. The van der Waals surface area contributed by atoms with E-state index in [-0.39, 0.29) is 16.8 Å². The first-order chi connectivity index (χ1) is 8.89. The lowest BCUT2D eigenvalue weighted by Gasteiger charge is -2.26. The normalized spacial score (nSPS) is 17.5. The third-order valence-electron chi connectivity index (χ3n) is 3.91. The number of anilines is 1. The van der Waals surface area contributed by atoms with Crippen molar-refractivity contribution in [3.05, 3.63) is 5.69 Å². The smallest absolute Gasteiger partial charge is 0.248 e. The van der Waals surface area contributed by atoms with Crippen molar-refractivity contribution in [2.45, 2.75) is 50.5 Å². The van der Waals surface area contributed by atoms with Gasteiger partial charge in [0.2, 0.25) is 10.0 Å². The minimum absolute atomic E-state index is 0.0939. The first-order valence-electron chi connectivity index (χ1n) is 6.70. The summed E-state index contributed by atoms with van der Waals surface area (Å²) >= 11 is 0. The van der Waals surface area contributed by atoms with Gasteiger partial charge in [0.05, 0.1) is 5.69 Å². The summed E-state index contributed by atoms with van der Waals surface area (Å²) in [6.07, 6.45) is 4.06. The molecular formula is C12H22N4O2S. The van der Waals surface area contributed by atoms with Gasteiger partial charge in [-0.3, -0.25) is 4.68 Å². The van der Waals surface area contributed by atoms with Crippen LogP contribution >= 0.6 is 0 Å². The molecule has 0 aliphatic heterocycles. The summed E-state index contributed by atoms with van der Waals surface area (Å²) in [4.78, 5) is 0.170. The summed E-state index contributed by atoms with van der Waals surface area (Å²) in [5.74, 6) is 0.0939. The van der Waals surface area contributed by atoms with E-state index in [9.17, 15) is 8.42 Å². The van der Waals surface area contributed by atoms with Crippen LogP contribution in [-0.4, -0.2) is 35.1 Å². The topological polar surface area (TPSA) is 81.2 Å². The van der Waals surface area contributed by atoms with E-state index in [1.165, 1.54) is 4.68 Å². The molecule has 0 bridgehead atoms. The SMILES string of the molecule is CCN(C1CCCC1)S(=O)(=O)c1c(N)nn(C)c1C. The molecule has 0 amide bonds. The fourth-order valence-corrected chi connectivity index (χ4v) is 4.86. The first kappa shape index (κ1) is 14.3. The molecule has 0 atom stereocenters. The van der Waals surface area contributed by atoms with Crippen LogP contribution in [0, 0.1) is 6.92 Å². The lowest BCUT2D eigenvalue weighted by Crippen LogP contribution is -2.39. The van der Waals surface area contributed by atoms with Gasteiger partial charge in [-0.1, -0.05) is 19.8 Å². The lowest BCUT2D eigenvalue weighted by molar-refractivity contribution is 0.335. The summed E-state index contributed by atoms with van der Waals surface area (Å²) in [5, 5.41) is 4.01. The number of aryl methyl sites for hydroxylation is 1. The average molecular weight is 286 g/mol. The van der Waals surface area contributed by atoms with Crippen LogP contribution in [0.2, 0.25) is 0 Å². The Morgan fingerprint density at radius 3 is 2.42 bits per heavy atom. The minimum Gasteiger partial charge on any atom is -0.381 e. The van der Waals surface area contributed by atoms with Crippen molar-refractivity contribution < 1.29 is 8.42 Å². The van der Waals surface area contributed by atoms with Crippen molar-refractivity contribution in [3.8, 4) is 0 Å². The molecule has 1 aliphatic rings. The Bertz CT molecular complexity index is 559. The highest BCUT2D eigenvalue weighted by Gasteiger charge is 2.35. The number of nitrogen functional groups attached to an aromatic ring is 1. The van der Waals surface area contributed by atoms with Crippen LogP contribution in [0.3, 0.4) is 0 Å². The summed E-state index contributed by atoms with van der Waals surface area (Å²) in [7, 11) is -1.85. The fraction of sp³-hybridized carbons (Fsp3) is 0.750. The molecule has 19 heavy (non-hydrogen) atoms. The highest BCUT2D eigenvalue weighted by Crippen LogP contribution is 2.31. The molecule has 1 aromatic heterocycles. The number of hydrogen-bond acceptors (Lipinski definition) is 4. The fourth-order valence-electron chi connectivity index (χ4n) is 2.87. The van der Waals surface area contributed by atoms with Gasteiger partial charge in [-0.2, -0.15) is 9.40 Å². The second-order valence-corrected chi connectivity index (χ2v) is 6.90. The molecule has 2 N–H and O–H groups in total. The third-order valence-corrected chi connectivity index (χ3v) is 6.11. The molecule has 0 aromatic carbocycles. The zero-order valence-corrected chi connectivity index (χ0v) is 12.6. The maximum atomic E-state index is 12.8. The standard InChI is InChI=1S/C12H22N4O2S/c1-4-16(10-7-5-6-8-10)19(17,18)11-9(2)15(3)14-12(11)13/h10H,4-8H2,1-3H3,(H2,13,14). The van der Waals surface area contributed by atoms with E-state index < -0.39 is 10.0 Å². The van der Waals surface area contributed by atoms with Gasteiger partial charge in [-0.05, 0) is 19.8 Å². The van der Waals surface area contributed by atoms with E-state index in [1.54, 1.807) is 18.3 Å². The molecule has 1 saturated carbocycles. The maximum absolute atomic E-state index is 12.8. The molecule has 0 unspecified atom stereocenters. The summed E-state index contributed by atoms with van der Waals surface area (Å²) in [6, 6.07) is 0.106. The zero-order valence-electron chi connectivity index (χ0n) is 11.8. The number of rotatable bonds is 4. The van der Waals surface area contributed by atoms with E-state index in [1.807, 2.05) is 6.92 Å². The highest BCUT2D eigenvalue weighted by molar-refractivity contribution is 7.89. The van der Waals surface area contributed by atoms with Crippen LogP contribution in [0.5, 0.6) is 0 Å². The molecule has 0 saturated heterocycles. The van der Waals surface area contributed by atoms with Crippen LogP contribution < -0.4 is 5.73 Å². The van der Waals surface area contributed by atoms with Gasteiger partial charge in [-0.25, -0.2) is 8.42 Å². The van der Waals surface area contributed by atoms with Crippen LogP contribution in [0.25, 0.3) is 0 Å². The summed E-state index contributed by atoms with van der Waals surface area (Å²) < 4.78 is 28.7. The number of sulfonamides is 1. The third kappa shape index (κ3) is 2.36. The molecule has 0 radical (unpaired) electrons. The van der Waals surface area contributed by atoms with Gasteiger partial charge in [0, 0.05) is 19.6 Å². The maximum Gasteiger partial charge on any atom is 0.248 e. The predicted octanol–water partition coefficient (Wildman–Crippen LogP) is 1.26. The Morgan fingerprint density at radius 2 is 2.00 bits per heavy atom. The molecule has 1 fully saturated rings. The van der Waals surface area contributed by atoms with Gasteiger partial charge < -0.3 is 5.73 Å². The lowest BCUT2D eigenvalue weighted by atomic mass is 10.2. The van der Waals surface area contributed by atoms with Crippen molar-refractivity contribution in [1.29, 1.82) is 0 Å². The summed E-state index contributed by atoms with van der Waals surface area (Å²) in [5.41, 5.74) is 6.37. The second kappa shape index (κ2) is 5.13. The minimum atomic E-state index is -3.55. The van der Waals surface area contributed by atoms with E-state index in [0.29, 0.717) is 12.2 Å². The van der Waals surface area contributed by atoms with Crippen LogP contribution in [-0.2, 0) is 17.1 Å². The van der Waals surface area contributed by atoms with E-state index in [0.717, 1.165) is 25.7 Å². The molecule has 7 heteroatoms. The molecule has 1 aliphatic carbocycles. The monoisotopic (exact) mass is 286 g/mol. The Morgan fingerprint density at radius 1 is 1.42 bits per heavy atom. The van der Waals surface area contributed by atoms with Crippen LogP contribution in [0.4, 0.5) is 5.82 Å². The molecule has 2 rings (SSSR count). The Balaban J connectivity index is 2.45. The van der Waals surface area contributed by atoms with Gasteiger partial charge in [-0.15, -0.1) is 0 Å². The largest absolute Gasteiger partial charge is 0.381 e. The number of nitrogens with zero attached hydrogens (tertiary/aromatic N) is 3. The van der Waals surface area contributed by atoms with Crippen molar-refractivity contribution in [2.75, 3.05) is 12.3 Å². The van der Waals surface area contributed by atoms with Gasteiger partial charge >= 0.3 is 0 Å². The van der Waals surface area contributed by atoms with E-state index in [2.05, 4.69) is 5.10 Å². The molecular weight excluding hydrogens is 264 g/mol. The van der Waals surface area contributed by atoms with Gasteiger partial charge in [0.1, 0.15) is 4.90 Å². The Labute approximate surface area is 114 Å². The summed E-state index contributed by atoms with van der Waals surface area (Å²) in [6.45, 7) is 4.08. The molecule has 6 nitrogen and oxygen atoms in total.